The number of carbonyl (C=O) groups excluding carboxylic acids is 1. The van der Waals surface area contributed by atoms with Crippen molar-refractivity contribution in [3.05, 3.63) is 24.8 Å². The second kappa shape index (κ2) is 8.69. The van der Waals surface area contributed by atoms with Gasteiger partial charge in [-0.1, -0.05) is 25.2 Å². The number of hydrogen-bond acceptors (Lipinski definition) is 6. The average molecular weight is 334 g/mol. The van der Waals surface area contributed by atoms with E-state index in [0.717, 1.165) is 17.0 Å². The molecule has 2 heterocycles. The molecule has 0 saturated carbocycles. The Bertz CT molecular complexity index is 616. The lowest BCUT2D eigenvalue weighted by atomic mass is 10.1. The summed E-state index contributed by atoms with van der Waals surface area (Å²) in [5, 5.41) is 3.35. The van der Waals surface area contributed by atoms with Crippen LogP contribution in [0.2, 0.25) is 0 Å². The molecule has 0 aliphatic heterocycles. The van der Waals surface area contributed by atoms with Crippen LogP contribution in [0.25, 0.3) is 10.6 Å². The first-order valence-electron chi connectivity index (χ1n) is 7.68. The number of ether oxygens (including phenoxy) is 1. The zero-order valence-corrected chi connectivity index (χ0v) is 14.5. The molecule has 23 heavy (non-hydrogen) atoms. The van der Waals surface area contributed by atoms with E-state index in [-0.39, 0.29) is 12.0 Å². The maximum atomic E-state index is 11.9. The molecular weight excluding hydrogens is 312 g/mol. The van der Waals surface area contributed by atoms with Crippen molar-refractivity contribution >= 4 is 22.4 Å². The molecular formula is C16H22N4O2S. The van der Waals surface area contributed by atoms with Crippen LogP contribution in [0.15, 0.2) is 24.8 Å². The molecule has 1 amide bonds. The number of nitrogens with zero attached hydrogens (tertiary/aromatic N) is 3. The van der Waals surface area contributed by atoms with E-state index in [1.165, 1.54) is 11.3 Å². The molecule has 2 aromatic rings. The van der Waals surface area contributed by atoms with Crippen molar-refractivity contribution in [1.82, 2.24) is 15.0 Å². The van der Waals surface area contributed by atoms with Gasteiger partial charge in [0, 0.05) is 18.6 Å². The van der Waals surface area contributed by atoms with E-state index in [9.17, 15) is 4.79 Å². The summed E-state index contributed by atoms with van der Waals surface area (Å²) in [5.74, 6) is 0.496. The summed E-state index contributed by atoms with van der Waals surface area (Å²) in [5.41, 5.74) is 0.747. The molecule has 0 aromatic carbocycles. The average Bonchev–Trinajstić information content (AvgIpc) is 2.95. The first kappa shape index (κ1) is 17.5. The summed E-state index contributed by atoms with van der Waals surface area (Å²) in [4.78, 5) is 25.2. The highest BCUT2D eigenvalue weighted by molar-refractivity contribution is 7.19. The third-order valence-corrected chi connectivity index (χ3v) is 4.04. The Morgan fingerprint density at radius 3 is 2.78 bits per heavy atom. The van der Waals surface area contributed by atoms with Gasteiger partial charge in [0.25, 0.3) is 0 Å². The number of amides is 1. The van der Waals surface area contributed by atoms with Crippen LogP contribution >= 0.6 is 11.3 Å². The van der Waals surface area contributed by atoms with E-state index in [2.05, 4.69) is 34.1 Å². The zero-order chi connectivity index (χ0) is 16.7. The third-order valence-electron chi connectivity index (χ3n) is 3.10. The van der Waals surface area contributed by atoms with E-state index in [1.54, 1.807) is 24.8 Å². The number of thiazole rings is 1. The van der Waals surface area contributed by atoms with Crippen LogP contribution in [-0.4, -0.2) is 33.6 Å². The molecule has 1 N–H and O–H groups in total. The van der Waals surface area contributed by atoms with Gasteiger partial charge in [0.05, 0.1) is 30.2 Å². The van der Waals surface area contributed by atoms with Crippen molar-refractivity contribution in [3.63, 3.8) is 0 Å². The molecule has 7 heteroatoms. The van der Waals surface area contributed by atoms with Crippen molar-refractivity contribution < 1.29 is 9.53 Å². The molecule has 2 aromatic heterocycles. The highest BCUT2D eigenvalue weighted by atomic mass is 32.1. The molecule has 2 rings (SSSR count). The summed E-state index contributed by atoms with van der Waals surface area (Å²) in [6.07, 6.45) is 8.09. The van der Waals surface area contributed by atoms with E-state index < -0.39 is 0 Å². The van der Waals surface area contributed by atoms with Gasteiger partial charge in [-0.2, -0.15) is 0 Å². The summed E-state index contributed by atoms with van der Waals surface area (Å²) < 4.78 is 5.64. The fourth-order valence-electron chi connectivity index (χ4n) is 2.14. The monoisotopic (exact) mass is 334 g/mol. The van der Waals surface area contributed by atoms with Crippen LogP contribution in [0.3, 0.4) is 0 Å². The topological polar surface area (TPSA) is 77.0 Å². The predicted molar refractivity (Wildman–Crippen MR) is 91.3 cm³/mol. The van der Waals surface area contributed by atoms with Gasteiger partial charge in [-0.05, 0) is 19.3 Å². The Hall–Kier alpha value is -1.86. The van der Waals surface area contributed by atoms with Gasteiger partial charge in [-0.3, -0.25) is 14.8 Å². The Kier molecular flexibility index (Phi) is 6.61. The fraction of sp³-hybridized carbons (Fsp3) is 0.500. The van der Waals surface area contributed by atoms with Crippen molar-refractivity contribution in [1.29, 1.82) is 0 Å². The highest BCUT2D eigenvalue weighted by Crippen LogP contribution is 2.26. The molecule has 6 nitrogen and oxygen atoms in total. The minimum Gasteiger partial charge on any atom is -0.378 e. The van der Waals surface area contributed by atoms with Crippen LogP contribution in [0.5, 0.6) is 0 Å². The fourth-order valence-corrected chi connectivity index (χ4v) is 2.94. The molecule has 0 spiro atoms. The maximum Gasteiger partial charge on any atom is 0.228 e. The number of nitrogens with one attached hydrogen (secondary N) is 1. The maximum absolute atomic E-state index is 11.9. The van der Waals surface area contributed by atoms with E-state index >= 15 is 0 Å². The highest BCUT2D eigenvalue weighted by Gasteiger charge is 2.10. The van der Waals surface area contributed by atoms with Crippen LogP contribution in [0.1, 0.15) is 33.6 Å². The van der Waals surface area contributed by atoms with Crippen LogP contribution in [0, 0.1) is 5.92 Å². The van der Waals surface area contributed by atoms with Gasteiger partial charge in [-0.25, -0.2) is 4.98 Å². The SMILES string of the molecule is CC(C)CC(C)OCCC(=O)Nc1ncc(-c2cnccn2)s1. The lowest BCUT2D eigenvalue weighted by molar-refractivity contribution is -0.117. The largest absolute Gasteiger partial charge is 0.378 e. The molecule has 0 bridgehead atoms. The Morgan fingerprint density at radius 1 is 1.26 bits per heavy atom. The number of aromatic nitrogens is 3. The Morgan fingerprint density at radius 2 is 2.09 bits per heavy atom. The van der Waals surface area contributed by atoms with E-state index in [4.69, 9.17) is 4.74 Å². The van der Waals surface area contributed by atoms with Crippen molar-refractivity contribution in [3.8, 4) is 10.6 Å². The lowest BCUT2D eigenvalue weighted by Gasteiger charge is -2.14. The number of rotatable bonds is 8. The molecule has 1 atom stereocenters. The van der Waals surface area contributed by atoms with Gasteiger partial charge >= 0.3 is 0 Å². The predicted octanol–water partition coefficient (Wildman–Crippen LogP) is 3.38. The standard InChI is InChI=1S/C16H22N4O2S/c1-11(2)8-12(3)22-7-4-15(21)20-16-19-10-14(23-16)13-9-17-5-6-18-13/h5-6,9-12H,4,7-8H2,1-3H3,(H,19,20,21). The number of hydrogen-bond donors (Lipinski definition) is 1. The van der Waals surface area contributed by atoms with Gasteiger partial charge in [0.1, 0.15) is 5.69 Å². The van der Waals surface area contributed by atoms with Crippen LogP contribution < -0.4 is 5.32 Å². The third kappa shape index (κ3) is 6.03. The first-order chi connectivity index (χ1) is 11.0. The Balaban J connectivity index is 1.77. The second-order valence-electron chi connectivity index (χ2n) is 5.73. The lowest BCUT2D eigenvalue weighted by Crippen LogP contribution is -2.17. The quantitative estimate of drug-likeness (QED) is 0.801. The molecule has 0 radical (unpaired) electrons. The number of anilines is 1. The Labute approximate surface area is 140 Å². The van der Waals surface area contributed by atoms with Gasteiger partial charge in [-0.15, -0.1) is 0 Å². The molecule has 124 valence electrons. The smallest absolute Gasteiger partial charge is 0.228 e. The van der Waals surface area contributed by atoms with Crippen molar-refractivity contribution in [2.75, 3.05) is 11.9 Å². The molecule has 0 aliphatic carbocycles. The van der Waals surface area contributed by atoms with Crippen LogP contribution in [-0.2, 0) is 9.53 Å². The molecule has 0 fully saturated rings. The van der Waals surface area contributed by atoms with Crippen molar-refractivity contribution in [2.45, 2.75) is 39.7 Å². The minimum atomic E-state index is -0.0956. The number of carbonyl (C=O) groups is 1. The summed E-state index contributed by atoms with van der Waals surface area (Å²) in [7, 11) is 0. The summed E-state index contributed by atoms with van der Waals surface area (Å²) in [6.45, 7) is 6.77. The first-order valence-corrected chi connectivity index (χ1v) is 8.50. The molecule has 0 saturated heterocycles. The van der Waals surface area contributed by atoms with Crippen LogP contribution in [0.4, 0.5) is 5.13 Å². The summed E-state index contributed by atoms with van der Waals surface area (Å²) in [6, 6.07) is 0. The normalized spacial score (nSPS) is 12.3. The van der Waals surface area contributed by atoms with Gasteiger partial charge in [0.15, 0.2) is 5.13 Å². The van der Waals surface area contributed by atoms with E-state index in [0.29, 0.717) is 24.1 Å². The minimum absolute atomic E-state index is 0.0956. The molecule has 1 unspecified atom stereocenters. The van der Waals surface area contributed by atoms with E-state index in [1.807, 2.05) is 6.92 Å². The second-order valence-corrected chi connectivity index (χ2v) is 6.76. The molecule has 0 aliphatic rings. The summed E-state index contributed by atoms with van der Waals surface area (Å²) >= 11 is 1.38. The van der Waals surface area contributed by atoms with Gasteiger partial charge < -0.3 is 10.1 Å². The van der Waals surface area contributed by atoms with Crippen molar-refractivity contribution in [2.24, 2.45) is 5.92 Å². The van der Waals surface area contributed by atoms with Gasteiger partial charge in [0.2, 0.25) is 5.91 Å². The zero-order valence-electron chi connectivity index (χ0n) is 13.7.